The summed E-state index contributed by atoms with van der Waals surface area (Å²) in [6.45, 7) is 0.779. The summed E-state index contributed by atoms with van der Waals surface area (Å²) in [6, 6.07) is 21.0. The van der Waals surface area contributed by atoms with Crippen molar-refractivity contribution in [3.8, 4) is 0 Å². The van der Waals surface area contributed by atoms with E-state index < -0.39 is 195 Å². The minimum absolute atomic E-state index is 0.0602. The van der Waals surface area contributed by atoms with Gasteiger partial charge in [0.05, 0.1) is 44.5 Å². The molecule has 7 aromatic carbocycles. The number of fused-ring (bicyclic) bond motifs is 1. The zero-order chi connectivity index (χ0) is 61.0. The first kappa shape index (κ1) is 61.6. The molecule has 0 unspecified atom stereocenters. The number of hydrogen-bond acceptors (Lipinski definition) is 1. The molecular formula is C55H30BF24NO. The van der Waals surface area contributed by atoms with Gasteiger partial charge in [0.25, 0.3) is 0 Å². The lowest BCUT2D eigenvalue weighted by Crippen LogP contribution is -2.75. The van der Waals surface area contributed by atoms with Crippen LogP contribution in [0.5, 0.6) is 0 Å². The first-order valence-electron chi connectivity index (χ1n) is 23.0. The van der Waals surface area contributed by atoms with Crippen LogP contribution in [0.3, 0.4) is 0 Å². The van der Waals surface area contributed by atoms with Gasteiger partial charge in [-0.25, -0.2) is 0 Å². The molecule has 1 aromatic heterocycles. The topological polar surface area (TPSA) is 20.9 Å². The summed E-state index contributed by atoms with van der Waals surface area (Å²) in [6.07, 6.45) is -52.7. The minimum Gasteiger partial charge on any atom is -0.289 e. The second kappa shape index (κ2) is 21.7. The van der Waals surface area contributed by atoms with Crippen LogP contribution in [-0.2, 0) is 56.0 Å². The Morgan fingerprint density at radius 3 is 0.890 bits per heavy atom. The molecule has 432 valence electrons. The number of benzene rings is 7. The van der Waals surface area contributed by atoms with E-state index in [0.29, 0.717) is 0 Å². The smallest absolute Gasteiger partial charge is 0.289 e. The normalized spacial score (nSPS) is 13.2. The number of pyridine rings is 1. The number of carbonyl (C=O) groups is 1. The molecule has 0 amide bonds. The third-order valence-electron chi connectivity index (χ3n) is 12.8. The van der Waals surface area contributed by atoms with Crippen molar-refractivity contribution in [2.45, 2.75) is 56.0 Å². The summed E-state index contributed by atoms with van der Waals surface area (Å²) in [5.74, 6) is 0.0602. The fourth-order valence-corrected chi connectivity index (χ4v) is 9.14. The van der Waals surface area contributed by atoms with Crippen LogP contribution in [0.4, 0.5) is 105 Å². The Morgan fingerprint density at radius 2 is 0.585 bits per heavy atom. The second-order valence-electron chi connectivity index (χ2n) is 18.3. The molecule has 2 nitrogen and oxygen atoms in total. The predicted octanol–water partition coefficient (Wildman–Crippen LogP) is 15.6. The van der Waals surface area contributed by atoms with Gasteiger partial charge in [0, 0.05) is 34.2 Å². The van der Waals surface area contributed by atoms with E-state index in [-0.39, 0.29) is 5.78 Å². The highest BCUT2D eigenvalue weighted by Crippen LogP contribution is 2.41. The molecule has 0 bridgehead atoms. The quantitative estimate of drug-likeness (QED) is 0.0643. The van der Waals surface area contributed by atoms with Gasteiger partial charge in [0.2, 0.25) is 5.52 Å². The lowest BCUT2D eigenvalue weighted by atomic mass is 9.12. The highest BCUT2D eigenvalue weighted by molar-refractivity contribution is 7.20. The van der Waals surface area contributed by atoms with Gasteiger partial charge in [0.15, 0.2) is 18.5 Å². The van der Waals surface area contributed by atoms with Crippen molar-refractivity contribution in [2.24, 2.45) is 0 Å². The molecule has 0 N–H and O–H groups in total. The third-order valence-corrected chi connectivity index (χ3v) is 12.8. The van der Waals surface area contributed by atoms with Crippen LogP contribution in [0.1, 0.15) is 66.0 Å². The zero-order valence-corrected chi connectivity index (χ0v) is 40.4. The summed E-state index contributed by atoms with van der Waals surface area (Å²) in [7, 11) is 0. The van der Waals surface area contributed by atoms with Crippen molar-refractivity contribution in [2.75, 3.05) is 0 Å². The van der Waals surface area contributed by atoms with Gasteiger partial charge in [-0.2, -0.15) is 132 Å². The molecule has 27 heteroatoms. The first-order chi connectivity index (χ1) is 37.6. The van der Waals surface area contributed by atoms with Crippen molar-refractivity contribution in [3.63, 3.8) is 0 Å². The predicted molar refractivity (Wildman–Crippen MR) is 250 cm³/mol. The molecule has 0 aliphatic carbocycles. The average molecular weight is 1190 g/mol. The summed E-state index contributed by atoms with van der Waals surface area (Å²) < 4.78 is 343. The molecule has 0 fully saturated rings. The number of para-hydroxylation sites is 1. The average Bonchev–Trinajstić information content (AvgIpc) is 1.74. The highest BCUT2D eigenvalue weighted by Gasteiger charge is 2.47. The molecule has 0 atom stereocenters. The van der Waals surface area contributed by atoms with Crippen LogP contribution in [-0.4, -0.2) is 11.9 Å². The molecule has 0 aliphatic heterocycles. The van der Waals surface area contributed by atoms with Gasteiger partial charge in [-0.15, -0.1) is 0 Å². The van der Waals surface area contributed by atoms with Gasteiger partial charge in [0.1, 0.15) is 6.15 Å². The summed E-state index contributed by atoms with van der Waals surface area (Å²) in [5.41, 5.74) is -26.4. The molecule has 8 rings (SSSR count). The minimum atomic E-state index is -6.13. The summed E-state index contributed by atoms with van der Waals surface area (Å²) >= 11 is 0. The van der Waals surface area contributed by atoms with E-state index in [1.54, 1.807) is 0 Å². The van der Waals surface area contributed by atoms with Crippen LogP contribution in [0.2, 0.25) is 0 Å². The van der Waals surface area contributed by atoms with Crippen LogP contribution >= 0.6 is 0 Å². The number of halogens is 24. The molecule has 0 spiro atoms. The van der Waals surface area contributed by atoms with Gasteiger partial charge in [-0.1, -0.05) is 115 Å². The van der Waals surface area contributed by atoms with E-state index in [4.69, 9.17) is 0 Å². The molecule has 0 saturated heterocycles. The Morgan fingerprint density at radius 1 is 0.317 bits per heavy atom. The van der Waals surface area contributed by atoms with Gasteiger partial charge in [-0.3, -0.25) is 4.79 Å². The standard InChI is InChI=1S/C32H12BF24.C23H18NO/c34-25(35,36)13-1-14(26(37,38)39)6-21(5-13)33(22-7-15(27(40,41)42)2-16(8-22)28(43,44)45,23-9-17(29(46,47)48)3-18(10-23)30(49,50)51)24-11-19(31(52,53)54)4-20(12-24)32(55,56)57;25-23(20-8-2-1-3-9-20)21-14-12-18(13-15-21)17-24-16-6-10-19-7-4-5-11-22(19)24/h1-12H;1-16H,17H2/q-1;+1. The van der Waals surface area contributed by atoms with Crippen LogP contribution in [0.25, 0.3) is 10.9 Å². The van der Waals surface area contributed by atoms with Crippen molar-refractivity contribution >= 4 is 44.7 Å². The van der Waals surface area contributed by atoms with Crippen molar-refractivity contribution in [1.82, 2.24) is 0 Å². The Kier molecular flexibility index (Phi) is 16.3. The Hall–Kier alpha value is -8.00. The number of alkyl halides is 24. The van der Waals surface area contributed by atoms with E-state index >= 15 is 0 Å². The number of hydrogen-bond donors (Lipinski definition) is 0. The first-order valence-corrected chi connectivity index (χ1v) is 23.0. The largest absolute Gasteiger partial charge is 0.416 e. The lowest BCUT2D eigenvalue weighted by Gasteiger charge is -2.46. The molecular weight excluding hydrogens is 1160 g/mol. The zero-order valence-electron chi connectivity index (χ0n) is 40.4. The van der Waals surface area contributed by atoms with Crippen LogP contribution < -0.4 is 26.4 Å². The van der Waals surface area contributed by atoms with Crippen molar-refractivity contribution < 1.29 is 115 Å². The van der Waals surface area contributed by atoms with E-state index in [1.807, 2.05) is 54.6 Å². The highest BCUT2D eigenvalue weighted by atomic mass is 19.4. The fourth-order valence-electron chi connectivity index (χ4n) is 9.14. The Bertz CT molecular complexity index is 3180. The number of carbonyl (C=O) groups excluding carboxylic acids is 1. The third kappa shape index (κ3) is 13.7. The van der Waals surface area contributed by atoms with Crippen LogP contribution in [0.15, 0.2) is 170 Å². The summed E-state index contributed by atoms with van der Waals surface area (Å²) in [5, 5.41) is 1.22. The van der Waals surface area contributed by atoms with E-state index in [2.05, 4.69) is 47.2 Å². The SMILES string of the molecule is FC(F)(F)c1cc([B-](c2cc(C(F)(F)F)cc(C(F)(F)F)c2)(c2cc(C(F)(F)F)cc(C(F)(F)F)c2)c2cc(C(F)(F)F)cc(C(F)(F)F)c2)cc(C(F)(F)F)c1.O=C(c1ccccc1)c1ccc(C[n+]2cccc3ccccc32)cc1. The number of rotatable bonds is 8. The molecule has 1 heterocycles. The number of nitrogens with zero attached hydrogens (tertiary/aromatic N) is 1. The van der Waals surface area contributed by atoms with Crippen molar-refractivity contribution in [3.05, 3.63) is 231 Å². The van der Waals surface area contributed by atoms with E-state index in [0.717, 1.165) is 17.7 Å². The Labute approximate surface area is 445 Å². The van der Waals surface area contributed by atoms with Crippen molar-refractivity contribution in [1.29, 1.82) is 0 Å². The maximum atomic E-state index is 14.2. The Balaban J connectivity index is 0.000000318. The van der Waals surface area contributed by atoms with Gasteiger partial charge >= 0.3 is 49.4 Å². The van der Waals surface area contributed by atoms with Gasteiger partial charge < -0.3 is 0 Å². The summed E-state index contributed by atoms with van der Waals surface area (Å²) in [4.78, 5) is 12.5. The lowest BCUT2D eigenvalue weighted by molar-refractivity contribution is -0.662. The second-order valence-corrected chi connectivity index (χ2v) is 18.3. The van der Waals surface area contributed by atoms with E-state index in [1.165, 1.54) is 16.5 Å². The van der Waals surface area contributed by atoms with E-state index in [9.17, 15) is 110 Å². The number of aromatic nitrogens is 1. The fraction of sp³-hybridized carbons (Fsp3) is 0.164. The van der Waals surface area contributed by atoms with Gasteiger partial charge in [-0.05, 0) is 36.4 Å². The molecule has 0 aliphatic rings. The molecule has 0 saturated carbocycles. The molecule has 82 heavy (non-hydrogen) atoms. The van der Waals surface area contributed by atoms with Crippen LogP contribution in [0, 0.1) is 0 Å². The molecule has 0 radical (unpaired) electrons. The number of ketones is 1. The molecule has 8 aromatic rings. The maximum Gasteiger partial charge on any atom is 0.416 e. The monoisotopic (exact) mass is 1190 g/mol. The maximum absolute atomic E-state index is 14.2.